The number of likely N-dealkylation sites (N-methyl/N-ethyl adjacent to an activating group) is 1. The van der Waals surface area contributed by atoms with Crippen LogP contribution >= 0.6 is 0 Å². The molecule has 0 unspecified atom stereocenters. The number of methoxy groups -OCH3 is 2. The summed E-state index contributed by atoms with van der Waals surface area (Å²) in [7, 11) is 4.88. The molecule has 24 heavy (non-hydrogen) atoms. The van der Waals surface area contributed by atoms with Crippen molar-refractivity contribution in [1.29, 1.82) is 0 Å². The van der Waals surface area contributed by atoms with Gasteiger partial charge in [-0.15, -0.1) is 0 Å². The first kappa shape index (κ1) is 18.1. The summed E-state index contributed by atoms with van der Waals surface area (Å²) in [5.41, 5.74) is -0.129. The molecule has 1 aromatic carbocycles. The Kier molecular flexibility index (Phi) is 5.33. The zero-order valence-corrected chi connectivity index (χ0v) is 14.9. The van der Waals surface area contributed by atoms with E-state index < -0.39 is 5.54 Å². The van der Waals surface area contributed by atoms with E-state index in [2.05, 4.69) is 5.32 Å². The lowest BCUT2D eigenvalue weighted by Gasteiger charge is -2.44. The van der Waals surface area contributed by atoms with Gasteiger partial charge in [-0.25, -0.2) is 0 Å². The summed E-state index contributed by atoms with van der Waals surface area (Å²) in [4.78, 5) is 28.3. The van der Waals surface area contributed by atoms with Gasteiger partial charge in [-0.1, -0.05) is 0 Å². The summed E-state index contributed by atoms with van der Waals surface area (Å²) in [6, 6.07) is 5.19. The Morgan fingerprint density at radius 1 is 1.25 bits per heavy atom. The summed E-state index contributed by atoms with van der Waals surface area (Å²) in [6.45, 7) is 5.09. The number of amides is 2. The fraction of sp³-hybridized carbons (Fsp3) is 0.529. The molecule has 0 aromatic heterocycles. The number of rotatable bonds is 5. The smallest absolute Gasteiger partial charge is 0.242 e. The molecule has 0 spiro atoms. The number of nitrogens with one attached hydrogen (secondary N) is 1. The van der Waals surface area contributed by atoms with Crippen molar-refractivity contribution in [3.05, 3.63) is 18.2 Å². The molecule has 132 valence electrons. The van der Waals surface area contributed by atoms with Gasteiger partial charge in [-0.2, -0.15) is 0 Å². The Morgan fingerprint density at radius 3 is 2.58 bits per heavy atom. The molecule has 2 amide bonds. The van der Waals surface area contributed by atoms with Crippen LogP contribution in [0.4, 0.5) is 5.69 Å². The van der Waals surface area contributed by atoms with Crippen LogP contribution in [0.1, 0.15) is 13.8 Å². The predicted octanol–water partition coefficient (Wildman–Crippen LogP) is 1.19. The van der Waals surface area contributed by atoms with E-state index in [1.807, 2.05) is 18.7 Å². The van der Waals surface area contributed by atoms with Crippen molar-refractivity contribution in [2.75, 3.05) is 46.2 Å². The van der Waals surface area contributed by atoms with E-state index in [9.17, 15) is 9.59 Å². The Bertz CT molecular complexity index is 630. The molecule has 1 aromatic rings. The molecule has 0 radical (unpaired) electrons. The molecule has 0 bridgehead atoms. The van der Waals surface area contributed by atoms with Crippen LogP contribution in [0.3, 0.4) is 0 Å². The molecule has 1 saturated heterocycles. The van der Waals surface area contributed by atoms with Crippen LogP contribution in [0.25, 0.3) is 0 Å². The van der Waals surface area contributed by atoms with Gasteiger partial charge in [0.2, 0.25) is 11.8 Å². The van der Waals surface area contributed by atoms with Gasteiger partial charge in [0, 0.05) is 26.2 Å². The molecule has 1 fully saturated rings. The molecule has 1 aliphatic rings. The molecule has 7 nitrogen and oxygen atoms in total. The molecule has 1 aliphatic heterocycles. The summed E-state index contributed by atoms with van der Waals surface area (Å²) in [5, 5.41) is 2.84. The van der Waals surface area contributed by atoms with Gasteiger partial charge in [-0.3, -0.25) is 14.5 Å². The van der Waals surface area contributed by atoms with Crippen LogP contribution in [0.15, 0.2) is 18.2 Å². The Balaban J connectivity index is 2.07. The number of anilines is 1. The van der Waals surface area contributed by atoms with E-state index in [0.29, 0.717) is 30.3 Å². The minimum absolute atomic E-state index is 0.0172. The van der Waals surface area contributed by atoms with Crippen molar-refractivity contribution in [1.82, 2.24) is 9.80 Å². The molecule has 0 atom stereocenters. The summed E-state index contributed by atoms with van der Waals surface area (Å²) in [6.07, 6.45) is 0. The van der Waals surface area contributed by atoms with Gasteiger partial charge in [-0.05, 0) is 26.0 Å². The van der Waals surface area contributed by atoms with Gasteiger partial charge in [0.05, 0.1) is 32.0 Å². The minimum atomic E-state index is -0.700. The van der Waals surface area contributed by atoms with Crippen molar-refractivity contribution in [3.63, 3.8) is 0 Å². The lowest BCUT2D eigenvalue weighted by Crippen LogP contribution is -2.63. The lowest BCUT2D eigenvalue weighted by molar-refractivity contribution is -0.147. The average Bonchev–Trinajstić information content (AvgIpc) is 2.56. The minimum Gasteiger partial charge on any atom is -0.497 e. The molecule has 1 N–H and O–H groups in total. The summed E-state index contributed by atoms with van der Waals surface area (Å²) >= 11 is 0. The number of carbonyl (C=O) groups excluding carboxylic acids is 2. The van der Waals surface area contributed by atoms with E-state index in [1.54, 1.807) is 37.3 Å². The third-order valence-corrected chi connectivity index (χ3v) is 4.38. The molecule has 1 heterocycles. The van der Waals surface area contributed by atoms with Crippen LogP contribution in [0, 0.1) is 0 Å². The monoisotopic (exact) mass is 335 g/mol. The van der Waals surface area contributed by atoms with Crippen LogP contribution in [-0.2, 0) is 9.59 Å². The Morgan fingerprint density at radius 2 is 1.96 bits per heavy atom. The van der Waals surface area contributed by atoms with E-state index in [1.165, 1.54) is 7.11 Å². The second kappa shape index (κ2) is 7.09. The van der Waals surface area contributed by atoms with Crippen LogP contribution in [-0.4, -0.2) is 68.1 Å². The zero-order chi connectivity index (χ0) is 17.9. The van der Waals surface area contributed by atoms with Crippen molar-refractivity contribution in [2.45, 2.75) is 19.4 Å². The maximum absolute atomic E-state index is 12.4. The normalized spacial score (nSPS) is 17.5. The van der Waals surface area contributed by atoms with Crippen molar-refractivity contribution in [3.8, 4) is 11.5 Å². The number of ether oxygens (including phenoxy) is 2. The van der Waals surface area contributed by atoms with Crippen molar-refractivity contribution < 1.29 is 19.1 Å². The van der Waals surface area contributed by atoms with E-state index >= 15 is 0 Å². The maximum atomic E-state index is 12.4. The molecule has 2 rings (SSSR count). The van der Waals surface area contributed by atoms with Gasteiger partial charge in [0.25, 0.3) is 0 Å². The van der Waals surface area contributed by atoms with Gasteiger partial charge in [0.1, 0.15) is 11.5 Å². The molecule has 0 aliphatic carbocycles. The molecular formula is C17H25N3O4. The SMILES string of the molecule is COc1ccc(NC(=O)CN2CCN(C)C(=O)C2(C)C)c(OC)c1. The Hall–Kier alpha value is -2.28. The van der Waals surface area contributed by atoms with E-state index in [0.717, 1.165) is 0 Å². The fourth-order valence-electron chi connectivity index (χ4n) is 2.80. The highest BCUT2D eigenvalue weighted by atomic mass is 16.5. The first-order valence-corrected chi connectivity index (χ1v) is 7.82. The molecule has 7 heteroatoms. The lowest BCUT2D eigenvalue weighted by atomic mass is 9.98. The first-order chi connectivity index (χ1) is 11.3. The van der Waals surface area contributed by atoms with Crippen LogP contribution < -0.4 is 14.8 Å². The van der Waals surface area contributed by atoms with Gasteiger partial charge >= 0.3 is 0 Å². The average molecular weight is 335 g/mol. The second-order valence-corrected chi connectivity index (χ2v) is 6.32. The van der Waals surface area contributed by atoms with Gasteiger partial charge < -0.3 is 19.7 Å². The predicted molar refractivity (Wildman–Crippen MR) is 91.5 cm³/mol. The molecular weight excluding hydrogens is 310 g/mol. The van der Waals surface area contributed by atoms with Gasteiger partial charge in [0.15, 0.2) is 0 Å². The largest absolute Gasteiger partial charge is 0.497 e. The second-order valence-electron chi connectivity index (χ2n) is 6.32. The zero-order valence-electron chi connectivity index (χ0n) is 14.9. The number of nitrogens with zero attached hydrogens (tertiary/aromatic N) is 2. The topological polar surface area (TPSA) is 71.1 Å². The van der Waals surface area contributed by atoms with E-state index in [4.69, 9.17) is 9.47 Å². The first-order valence-electron chi connectivity index (χ1n) is 7.82. The van der Waals surface area contributed by atoms with Crippen LogP contribution in [0.5, 0.6) is 11.5 Å². The third-order valence-electron chi connectivity index (χ3n) is 4.38. The van der Waals surface area contributed by atoms with Crippen LogP contribution in [0.2, 0.25) is 0 Å². The molecule has 0 saturated carbocycles. The Labute approximate surface area is 142 Å². The van der Waals surface area contributed by atoms with Crippen molar-refractivity contribution >= 4 is 17.5 Å². The quantitative estimate of drug-likeness (QED) is 0.875. The maximum Gasteiger partial charge on any atom is 0.242 e. The van der Waals surface area contributed by atoms with Crippen molar-refractivity contribution in [2.24, 2.45) is 0 Å². The highest BCUT2D eigenvalue weighted by Crippen LogP contribution is 2.29. The number of hydrogen-bond donors (Lipinski definition) is 1. The summed E-state index contributed by atoms with van der Waals surface area (Å²) in [5.74, 6) is 1.000. The fourth-order valence-corrected chi connectivity index (χ4v) is 2.80. The highest BCUT2D eigenvalue weighted by Gasteiger charge is 2.41. The third kappa shape index (κ3) is 3.62. The standard InChI is InChI=1S/C17H25N3O4/c1-17(2)16(22)19(3)8-9-20(17)11-15(21)18-13-7-6-12(23-4)10-14(13)24-5/h6-7,10H,8-9,11H2,1-5H3,(H,18,21). The summed E-state index contributed by atoms with van der Waals surface area (Å²) < 4.78 is 10.4. The van der Waals surface area contributed by atoms with E-state index in [-0.39, 0.29) is 18.4 Å². The number of piperazine rings is 1. The number of benzene rings is 1. The number of hydrogen-bond acceptors (Lipinski definition) is 5. The highest BCUT2D eigenvalue weighted by molar-refractivity contribution is 5.95. The number of carbonyl (C=O) groups is 2.